The van der Waals surface area contributed by atoms with E-state index in [1.165, 1.54) is 0 Å². The highest BCUT2D eigenvalue weighted by atomic mass is 16.5. The lowest BCUT2D eigenvalue weighted by atomic mass is 9.80. The Morgan fingerprint density at radius 2 is 2.19 bits per heavy atom. The topological polar surface area (TPSA) is 53.3 Å². The van der Waals surface area contributed by atoms with Gasteiger partial charge in [0.25, 0.3) is 0 Å². The number of amides is 1. The zero-order valence-corrected chi connectivity index (χ0v) is 9.74. The number of hydrogen-bond acceptors (Lipinski definition) is 3. The standard InChI is InChI=1S/C12H18N2O2/c1-10-3-2-6-14(10)11(15)12(9-13)4-7-16-8-5-12/h10H,2-8H2,1H3. The highest BCUT2D eigenvalue weighted by Crippen LogP contribution is 2.34. The van der Waals surface area contributed by atoms with E-state index in [1.54, 1.807) is 0 Å². The van der Waals surface area contributed by atoms with Gasteiger partial charge in [0.1, 0.15) is 5.41 Å². The molecule has 0 radical (unpaired) electrons. The summed E-state index contributed by atoms with van der Waals surface area (Å²) in [4.78, 5) is 14.3. The van der Waals surface area contributed by atoms with Crippen LogP contribution >= 0.6 is 0 Å². The molecular formula is C12H18N2O2. The van der Waals surface area contributed by atoms with Crippen LogP contribution in [0.5, 0.6) is 0 Å². The van der Waals surface area contributed by atoms with Gasteiger partial charge in [0, 0.05) is 25.8 Å². The number of nitrogens with zero attached hydrogens (tertiary/aromatic N) is 2. The summed E-state index contributed by atoms with van der Waals surface area (Å²) in [5, 5.41) is 9.31. The summed E-state index contributed by atoms with van der Waals surface area (Å²) < 4.78 is 5.24. The lowest BCUT2D eigenvalue weighted by molar-refractivity contribution is -0.144. The number of carbonyl (C=O) groups excluding carboxylic acids is 1. The summed E-state index contributed by atoms with van der Waals surface area (Å²) >= 11 is 0. The van der Waals surface area contributed by atoms with E-state index in [-0.39, 0.29) is 5.91 Å². The maximum atomic E-state index is 12.4. The predicted molar refractivity (Wildman–Crippen MR) is 58.5 cm³/mol. The van der Waals surface area contributed by atoms with Crippen LogP contribution in [0.15, 0.2) is 0 Å². The predicted octanol–water partition coefficient (Wildman–Crippen LogP) is 1.32. The van der Waals surface area contributed by atoms with E-state index in [2.05, 4.69) is 13.0 Å². The molecule has 2 fully saturated rings. The Hall–Kier alpha value is -1.08. The second-order valence-electron chi connectivity index (χ2n) is 4.80. The van der Waals surface area contributed by atoms with Gasteiger partial charge >= 0.3 is 0 Å². The molecule has 4 heteroatoms. The third kappa shape index (κ3) is 1.80. The second-order valence-corrected chi connectivity index (χ2v) is 4.80. The summed E-state index contributed by atoms with van der Waals surface area (Å²) in [5.74, 6) is 0.0308. The largest absolute Gasteiger partial charge is 0.381 e. The first-order chi connectivity index (χ1) is 7.69. The molecule has 1 unspecified atom stereocenters. The van der Waals surface area contributed by atoms with Gasteiger partial charge < -0.3 is 9.64 Å². The number of nitriles is 1. The summed E-state index contributed by atoms with van der Waals surface area (Å²) in [5.41, 5.74) is -0.809. The molecule has 2 heterocycles. The van der Waals surface area contributed by atoms with Crippen LogP contribution in [0.1, 0.15) is 32.6 Å². The molecule has 2 rings (SSSR count). The van der Waals surface area contributed by atoms with Gasteiger partial charge in [0.15, 0.2) is 0 Å². The van der Waals surface area contributed by atoms with Gasteiger partial charge in [-0.05, 0) is 32.6 Å². The van der Waals surface area contributed by atoms with E-state index in [0.717, 1.165) is 19.4 Å². The number of ether oxygens (including phenoxy) is 1. The Balaban J connectivity index is 2.15. The van der Waals surface area contributed by atoms with Gasteiger partial charge in [-0.3, -0.25) is 4.79 Å². The van der Waals surface area contributed by atoms with Crippen molar-refractivity contribution in [2.45, 2.75) is 38.6 Å². The first kappa shape index (κ1) is 11.4. The van der Waals surface area contributed by atoms with Gasteiger partial charge in [-0.15, -0.1) is 0 Å². The van der Waals surface area contributed by atoms with Crippen LogP contribution in [-0.4, -0.2) is 36.6 Å². The van der Waals surface area contributed by atoms with Crippen molar-refractivity contribution < 1.29 is 9.53 Å². The monoisotopic (exact) mass is 222 g/mol. The summed E-state index contributed by atoms with van der Waals surface area (Å²) in [6.45, 7) is 3.93. The fraction of sp³-hybridized carbons (Fsp3) is 0.833. The highest BCUT2D eigenvalue weighted by molar-refractivity contribution is 5.86. The minimum Gasteiger partial charge on any atom is -0.381 e. The fourth-order valence-electron chi connectivity index (χ4n) is 2.60. The van der Waals surface area contributed by atoms with E-state index in [0.29, 0.717) is 32.1 Å². The minimum atomic E-state index is -0.809. The molecule has 0 spiro atoms. The maximum Gasteiger partial charge on any atom is 0.243 e. The van der Waals surface area contributed by atoms with Gasteiger partial charge in [0.2, 0.25) is 5.91 Å². The van der Waals surface area contributed by atoms with Crippen molar-refractivity contribution in [2.24, 2.45) is 5.41 Å². The Kier molecular flexibility index (Phi) is 3.15. The molecule has 88 valence electrons. The first-order valence-corrected chi connectivity index (χ1v) is 6.00. The van der Waals surface area contributed by atoms with Crippen molar-refractivity contribution in [1.82, 2.24) is 4.90 Å². The molecule has 0 aromatic heterocycles. The Bertz CT molecular complexity index is 315. The normalized spacial score (nSPS) is 28.8. The van der Waals surface area contributed by atoms with Crippen LogP contribution in [-0.2, 0) is 9.53 Å². The van der Waals surface area contributed by atoms with E-state index in [1.807, 2.05) is 4.90 Å². The molecule has 0 N–H and O–H groups in total. The molecule has 2 aliphatic rings. The van der Waals surface area contributed by atoms with Crippen molar-refractivity contribution in [3.05, 3.63) is 0 Å². The maximum absolute atomic E-state index is 12.4. The third-order valence-electron chi connectivity index (χ3n) is 3.78. The number of hydrogen-bond donors (Lipinski definition) is 0. The van der Waals surface area contributed by atoms with Crippen LogP contribution in [0.4, 0.5) is 0 Å². The van der Waals surface area contributed by atoms with Crippen molar-refractivity contribution >= 4 is 5.91 Å². The van der Waals surface area contributed by atoms with E-state index < -0.39 is 5.41 Å². The molecule has 2 saturated heterocycles. The molecule has 4 nitrogen and oxygen atoms in total. The lowest BCUT2D eigenvalue weighted by Gasteiger charge is -2.34. The summed E-state index contributed by atoms with van der Waals surface area (Å²) in [7, 11) is 0. The van der Waals surface area contributed by atoms with Crippen LogP contribution < -0.4 is 0 Å². The molecule has 2 aliphatic heterocycles. The smallest absolute Gasteiger partial charge is 0.243 e. The van der Waals surface area contributed by atoms with Gasteiger partial charge in [-0.25, -0.2) is 0 Å². The summed E-state index contributed by atoms with van der Waals surface area (Å²) in [6.07, 6.45) is 3.21. The average Bonchev–Trinajstić information content (AvgIpc) is 2.75. The first-order valence-electron chi connectivity index (χ1n) is 6.00. The molecule has 0 aromatic rings. The average molecular weight is 222 g/mol. The molecular weight excluding hydrogens is 204 g/mol. The van der Waals surface area contributed by atoms with Gasteiger partial charge in [-0.2, -0.15) is 5.26 Å². The molecule has 1 amide bonds. The number of carbonyl (C=O) groups is 1. The van der Waals surface area contributed by atoms with E-state index in [4.69, 9.17) is 4.74 Å². The Labute approximate surface area is 96.2 Å². The summed E-state index contributed by atoms with van der Waals surface area (Å²) in [6, 6.07) is 2.54. The molecule has 0 aliphatic carbocycles. The third-order valence-corrected chi connectivity index (χ3v) is 3.78. The van der Waals surface area contributed by atoms with E-state index in [9.17, 15) is 10.1 Å². The van der Waals surface area contributed by atoms with Crippen molar-refractivity contribution in [3.63, 3.8) is 0 Å². The van der Waals surface area contributed by atoms with Crippen LogP contribution in [0, 0.1) is 16.7 Å². The highest BCUT2D eigenvalue weighted by Gasteiger charge is 2.44. The quantitative estimate of drug-likeness (QED) is 0.672. The van der Waals surface area contributed by atoms with Crippen molar-refractivity contribution in [3.8, 4) is 6.07 Å². The lowest BCUT2D eigenvalue weighted by Crippen LogP contribution is -2.47. The van der Waals surface area contributed by atoms with Crippen molar-refractivity contribution in [1.29, 1.82) is 5.26 Å². The molecule has 0 bridgehead atoms. The number of likely N-dealkylation sites (tertiary alicyclic amines) is 1. The fourth-order valence-corrected chi connectivity index (χ4v) is 2.60. The molecule has 0 aromatic carbocycles. The Morgan fingerprint density at radius 3 is 2.69 bits per heavy atom. The van der Waals surface area contributed by atoms with Gasteiger partial charge in [0.05, 0.1) is 6.07 Å². The molecule has 1 atom stereocenters. The second kappa shape index (κ2) is 4.42. The van der Waals surface area contributed by atoms with Crippen molar-refractivity contribution in [2.75, 3.05) is 19.8 Å². The SMILES string of the molecule is CC1CCCN1C(=O)C1(C#N)CCOCC1. The zero-order chi connectivity index (χ0) is 11.6. The van der Waals surface area contributed by atoms with Crippen LogP contribution in [0.3, 0.4) is 0 Å². The van der Waals surface area contributed by atoms with E-state index >= 15 is 0 Å². The Morgan fingerprint density at radius 1 is 1.50 bits per heavy atom. The molecule has 0 saturated carbocycles. The molecule has 16 heavy (non-hydrogen) atoms. The van der Waals surface area contributed by atoms with Crippen LogP contribution in [0.2, 0.25) is 0 Å². The minimum absolute atomic E-state index is 0.0308. The van der Waals surface area contributed by atoms with Crippen LogP contribution in [0.25, 0.3) is 0 Å². The number of rotatable bonds is 1. The zero-order valence-electron chi connectivity index (χ0n) is 9.74. The van der Waals surface area contributed by atoms with Gasteiger partial charge in [-0.1, -0.05) is 0 Å².